The molecule has 1 aromatic rings. The van der Waals surface area contributed by atoms with Crippen molar-refractivity contribution in [1.29, 1.82) is 0 Å². The van der Waals surface area contributed by atoms with Gasteiger partial charge in [-0.15, -0.1) is 0 Å². The number of rotatable bonds is 2. The summed E-state index contributed by atoms with van der Waals surface area (Å²) >= 11 is 0. The fraction of sp³-hybridized carbons (Fsp3) is 0.111. The van der Waals surface area contributed by atoms with E-state index in [0.29, 0.717) is 0 Å². The van der Waals surface area contributed by atoms with Gasteiger partial charge in [0.05, 0.1) is 12.7 Å². The van der Waals surface area contributed by atoms with E-state index in [9.17, 15) is 9.59 Å². The Labute approximate surface area is 80.6 Å². The fourth-order valence-corrected chi connectivity index (χ4v) is 0.996. The van der Waals surface area contributed by atoms with Crippen molar-refractivity contribution < 1.29 is 14.3 Å². The van der Waals surface area contributed by atoms with Crippen molar-refractivity contribution in [3.05, 3.63) is 29.3 Å². The van der Waals surface area contributed by atoms with Gasteiger partial charge < -0.3 is 16.2 Å². The summed E-state index contributed by atoms with van der Waals surface area (Å²) in [5, 5.41) is 0. The van der Waals surface area contributed by atoms with Crippen molar-refractivity contribution in [2.45, 2.75) is 0 Å². The normalized spacial score (nSPS) is 9.50. The van der Waals surface area contributed by atoms with Crippen molar-refractivity contribution >= 4 is 17.6 Å². The van der Waals surface area contributed by atoms with Crippen molar-refractivity contribution in [3.63, 3.8) is 0 Å². The largest absolute Gasteiger partial charge is 0.465 e. The van der Waals surface area contributed by atoms with Gasteiger partial charge in [0.2, 0.25) is 5.91 Å². The number of anilines is 1. The van der Waals surface area contributed by atoms with Crippen LogP contribution in [0.5, 0.6) is 0 Å². The lowest BCUT2D eigenvalue weighted by Crippen LogP contribution is -2.13. The predicted octanol–water partition coefficient (Wildman–Crippen LogP) is 0.154. The van der Waals surface area contributed by atoms with Crippen LogP contribution in [0.15, 0.2) is 18.2 Å². The van der Waals surface area contributed by atoms with Crippen molar-refractivity contribution in [2.75, 3.05) is 12.8 Å². The lowest BCUT2D eigenvalue weighted by Gasteiger charge is -2.04. The number of carbonyl (C=O) groups excluding carboxylic acids is 2. The second-order valence-corrected chi connectivity index (χ2v) is 2.66. The average Bonchev–Trinajstić information content (AvgIpc) is 2.17. The highest BCUT2D eigenvalue weighted by molar-refractivity contribution is 6.00. The first kappa shape index (κ1) is 10.0. The third-order valence-corrected chi connectivity index (χ3v) is 1.74. The van der Waals surface area contributed by atoms with E-state index in [1.807, 2.05) is 0 Å². The monoisotopic (exact) mass is 194 g/mol. The summed E-state index contributed by atoms with van der Waals surface area (Å²) in [5.74, 6) is -1.21. The number of benzene rings is 1. The number of hydrogen-bond acceptors (Lipinski definition) is 4. The highest BCUT2D eigenvalue weighted by atomic mass is 16.5. The molecule has 0 saturated heterocycles. The molecule has 0 radical (unpaired) electrons. The Hall–Kier alpha value is -2.04. The molecule has 4 N–H and O–H groups in total. The lowest BCUT2D eigenvalue weighted by molar-refractivity contribution is 0.0602. The molecule has 14 heavy (non-hydrogen) atoms. The number of amides is 1. The van der Waals surface area contributed by atoms with Crippen LogP contribution >= 0.6 is 0 Å². The van der Waals surface area contributed by atoms with Crippen molar-refractivity contribution in [3.8, 4) is 0 Å². The molecular weight excluding hydrogens is 184 g/mol. The number of ether oxygens (including phenoxy) is 1. The zero-order chi connectivity index (χ0) is 10.7. The molecule has 0 unspecified atom stereocenters. The van der Waals surface area contributed by atoms with Crippen LogP contribution in [0.4, 0.5) is 5.69 Å². The molecule has 0 fully saturated rings. The lowest BCUT2D eigenvalue weighted by atomic mass is 10.1. The molecule has 1 aromatic carbocycles. The minimum absolute atomic E-state index is 0.142. The number of esters is 1. The standard InChI is InChI=1S/C9H10N2O3/c1-14-9(13)6-4-5(8(11)12)2-3-7(6)10/h2-4H,10H2,1H3,(H2,11,12). The first-order valence-corrected chi connectivity index (χ1v) is 3.84. The molecule has 0 spiro atoms. The van der Waals surface area contributed by atoms with E-state index < -0.39 is 11.9 Å². The quantitative estimate of drug-likeness (QED) is 0.517. The van der Waals surface area contributed by atoms with Gasteiger partial charge >= 0.3 is 5.97 Å². The molecule has 0 heterocycles. The number of nitrogens with two attached hydrogens (primary N) is 2. The zero-order valence-electron chi connectivity index (χ0n) is 7.61. The van der Waals surface area contributed by atoms with Gasteiger partial charge in [0, 0.05) is 11.3 Å². The maximum absolute atomic E-state index is 11.2. The summed E-state index contributed by atoms with van der Waals surface area (Å²) < 4.78 is 4.48. The Morgan fingerprint density at radius 1 is 1.36 bits per heavy atom. The molecule has 0 aromatic heterocycles. The number of hydrogen-bond donors (Lipinski definition) is 2. The summed E-state index contributed by atoms with van der Waals surface area (Å²) in [6.07, 6.45) is 0. The first-order valence-electron chi connectivity index (χ1n) is 3.84. The van der Waals surface area contributed by atoms with Gasteiger partial charge in [-0.25, -0.2) is 4.79 Å². The fourth-order valence-electron chi connectivity index (χ4n) is 0.996. The first-order chi connectivity index (χ1) is 6.56. The van der Waals surface area contributed by atoms with E-state index in [1.54, 1.807) is 0 Å². The predicted molar refractivity (Wildman–Crippen MR) is 50.7 cm³/mol. The second-order valence-electron chi connectivity index (χ2n) is 2.66. The van der Waals surface area contributed by atoms with E-state index in [1.165, 1.54) is 25.3 Å². The van der Waals surface area contributed by atoms with E-state index in [0.717, 1.165) is 0 Å². The SMILES string of the molecule is COC(=O)c1cc(C(N)=O)ccc1N. The Morgan fingerprint density at radius 2 is 2.00 bits per heavy atom. The van der Waals surface area contributed by atoms with Crippen LogP contribution in [0.3, 0.4) is 0 Å². The Balaban J connectivity index is 3.21. The second kappa shape index (κ2) is 3.78. The molecule has 5 heteroatoms. The van der Waals surface area contributed by atoms with Crippen LogP contribution in [0.25, 0.3) is 0 Å². The molecule has 0 atom stereocenters. The van der Waals surface area contributed by atoms with E-state index in [-0.39, 0.29) is 16.8 Å². The minimum Gasteiger partial charge on any atom is -0.465 e. The zero-order valence-corrected chi connectivity index (χ0v) is 7.61. The van der Waals surface area contributed by atoms with E-state index in [4.69, 9.17) is 11.5 Å². The molecule has 0 aliphatic heterocycles. The molecule has 74 valence electrons. The van der Waals surface area contributed by atoms with Crippen LogP contribution in [-0.4, -0.2) is 19.0 Å². The topological polar surface area (TPSA) is 95.4 Å². The minimum atomic E-state index is -0.616. The molecule has 1 amide bonds. The maximum atomic E-state index is 11.2. The Bertz CT molecular complexity index is 388. The number of nitrogen functional groups attached to an aromatic ring is 1. The molecule has 0 bridgehead atoms. The van der Waals surface area contributed by atoms with Crippen LogP contribution in [0.2, 0.25) is 0 Å². The summed E-state index contributed by atoms with van der Waals surface area (Å²) in [5.41, 5.74) is 11.2. The van der Waals surface area contributed by atoms with Crippen LogP contribution in [0.1, 0.15) is 20.7 Å². The van der Waals surface area contributed by atoms with E-state index in [2.05, 4.69) is 4.74 Å². The van der Waals surface area contributed by atoms with Crippen molar-refractivity contribution in [2.24, 2.45) is 5.73 Å². The van der Waals surface area contributed by atoms with Gasteiger partial charge in [0.1, 0.15) is 0 Å². The third-order valence-electron chi connectivity index (χ3n) is 1.74. The maximum Gasteiger partial charge on any atom is 0.339 e. The van der Waals surface area contributed by atoms with Gasteiger partial charge in [-0.1, -0.05) is 0 Å². The van der Waals surface area contributed by atoms with Crippen LogP contribution in [-0.2, 0) is 4.74 Å². The number of methoxy groups -OCH3 is 1. The van der Waals surface area contributed by atoms with Gasteiger partial charge in [-0.2, -0.15) is 0 Å². The highest BCUT2D eigenvalue weighted by Gasteiger charge is 2.12. The molecule has 5 nitrogen and oxygen atoms in total. The molecule has 1 rings (SSSR count). The highest BCUT2D eigenvalue weighted by Crippen LogP contribution is 2.14. The van der Waals surface area contributed by atoms with Gasteiger partial charge in [-0.3, -0.25) is 4.79 Å². The van der Waals surface area contributed by atoms with Gasteiger partial charge in [0.25, 0.3) is 0 Å². The smallest absolute Gasteiger partial charge is 0.339 e. The Morgan fingerprint density at radius 3 is 2.50 bits per heavy atom. The van der Waals surface area contributed by atoms with Crippen LogP contribution in [0, 0.1) is 0 Å². The van der Waals surface area contributed by atoms with Gasteiger partial charge in [0.15, 0.2) is 0 Å². The number of carbonyl (C=O) groups is 2. The molecule has 0 aliphatic rings. The molecule has 0 aliphatic carbocycles. The van der Waals surface area contributed by atoms with Gasteiger partial charge in [-0.05, 0) is 18.2 Å². The number of primary amides is 1. The summed E-state index contributed by atoms with van der Waals surface area (Å²) in [4.78, 5) is 22.0. The summed E-state index contributed by atoms with van der Waals surface area (Å²) in [6.45, 7) is 0. The Kier molecular flexibility index (Phi) is 2.71. The third kappa shape index (κ3) is 1.82. The summed E-state index contributed by atoms with van der Waals surface area (Å²) in [6, 6.07) is 4.19. The average molecular weight is 194 g/mol. The molecular formula is C9H10N2O3. The van der Waals surface area contributed by atoms with Crippen molar-refractivity contribution in [1.82, 2.24) is 0 Å². The van der Waals surface area contributed by atoms with Crippen LogP contribution < -0.4 is 11.5 Å². The molecule has 0 saturated carbocycles. The van der Waals surface area contributed by atoms with E-state index >= 15 is 0 Å². The summed E-state index contributed by atoms with van der Waals surface area (Å²) in [7, 11) is 1.23.